The highest BCUT2D eigenvalue weighted by atomic mass is 79.9. The van der Waals surface area contributed by atoms with Crippen LogP contribution in [-0.2, 0) is 0 Å². The normalized spacial score (nSPS) is 12.8. The molecule has 0 spiro atoms. The second-order valence-corrected chi connectivity index (χ2v) is 8.48. The molecular formula is C25H16BrN3O5. The van der Waals surface area contributed by atoms with Gasteiger partial charge in [0.2, 0.25) is 18.4 Å². The maximum Gasteiger partial charge on any atom is 0.282 e. The van der Waals surface area contributed by atoms with Gasteiger partial charge in [0.25, 0.3) is 5.56 Å². The van der Waals surface area contributed by atoms with Crippen molar-refractivity contribution in [3.05, 3.63) is 81.1 Å². The molecule has 2 aromatic heterocycles. The molecule has 3 heterocycles. The van der Waals surface area contributed by atoms with E-state index in [0.717, 1.165) is 9.86 Å². The zero-order valence-electron chi connectivity index (χ0n) is 17.8. The van der Waals surface area contributed by atoms with Crippen LogP contribution in [0.3, 0.4) is 0 Å². The minimum Gasteiger partial charge on any atom is -0.493 e. The number of furan rings is 1. The van der Waals surface area contributed by atoms with Crippen LogP contribution in [-0.4, -0.2) is 29.8 Å². The molecule has 3 aromatic carbocycles. The van der Waals surface area contributed by atoms with Gasteiger partial charge in [0, 0.05) is 15.4 Å². The van der Waals surface area contributed by atoms with Crippen molar-refractivity contribution in [1.29, 1.82) is 0 Å². The summed E-state index contributed by atoms with van der Waals surface area (Å²) in [6, 6.07) is 18.2. The van der Waals surface area contributed by atoms with Crippen LogP contribution in [0.1, 0.15) is 5.56 Å². The highest BCUT2D eigenvalue weighted by molar-refractivity contribution is 9.10. The van der Waals surface area contributed by atoms with Crippen molar-refractivity contribution in [3.63, 3.8) is 0 Å². The van der Waals surface area contributed by atoms with Crippen molar-refractivity contribution >= 4 is 44.0 Å². The van der Waals surface area contributed by atoms with Crippen LogP contribution >= 0.6 is 15.9 Å². The molecule has 6 rings (SSSR count). The fourth-order valence-corrected chi connectivity index (χ4v) is 4.24. The molecule has 1 aliphatic heterocycles. The summed E-state index contributed by atoms with van der Waals surface area (Å²) in [5.41, 5.74) is 1.59. The molecule has 0 amide bonds. The molecule has 168 valence electrons. The third-order valence-corrected chi connectivity index (χ3v) is 5.95. The Morgan fingerprint density at radius 1 is 1.12 bits per heavy atom. The number of ether oxygens (including phenoxy) is 3. The Balaban J connectivity index is 1.54. The van der Waals surface area contributed by atoms with E-state index >= 15 is 0 Å². The third kappa shape index (κ3) is 3.41. The SMILES string of the molecule is COc1cc(C=Nn2c(-c3cc4cc(Br)ccc4o3)nc3ccccc3c2=O)cc2c1OCO2. The number of fused-ring (bicyclic) bond motifs is 3. The summed E-state index contributed by atoms with van der Waals surface area (Å²) < 4.78 is 24.5. The fraction of sp³-hybridized carbons (Fsp3) is 0.0800. The molecule has 9 heteroatoms. The van der Waals surface area contributed by atoms with Gasteiger partial charge in [-0.1, -0.05) is 28.1 Å². The maximum absolute atomic E-state index is 13.4. The summed E-state index contributed by atoms with van der Waals surface area (Å²) in [5.74, 6) is 2.33. The summed E-state index contributed by atoms with van der Waals surface area (Å²) in [6.45, 7) is 0.118. The van der Waals surface area contributed by atoms with Gasteiger partial charge in [0.15, 0.2) is 17.3 Å². The number of nitrogens with zero attached hydrogens (tertiary/aromatic N) is 3. The van der Waals surface area contributed by atoms with Gasteiger partial charge in [-0.25, -0.2) is 4.98 Å². The molecule has 0 unspecified atom stereocenters. The standard InChI is InChI=1S/C25H16BrN3O5/c1-31-20-8-14(9-21-23(20)33-13-32-21)12-27-29-24(28-18-5-3-2-4-17(18)25(29)30)22-11-15-10-16(26)6-7-19(15)34-22/h2-12H,13H2,1H3. The molecule has 0 bridgehead atoms. The van der Waals surface area contributed by atoms with E-state index in [2.05, 4.69) is 21.0 Å². The molecule has 8 nitrogen and oxygen atoms in total. The lowest BCUT2D eigenvalue weighted by Crippen LogP contribution is -2.20. The van der Waals surface area contributed by atoms with Crippen molar-refractivity contribution in [2.75, 3.05) is 13.9 Å². The highest BCUT2D eigenvalue weighted by Gasteiger charge is 2.20. The minimum absolute atomic E-state index is 0.118. The third-order valence-electron chi connectivity index (χ3n) is 5.46. The molecular weight excluding hydrogens is 502 g/mol. The van der Waals surface area contributed by atoms with Crippen LogP contribution in [0.4, 0.5) is 0 Å². The Kier molecular flexibility index (Phi) is 4.84. The van der Waals surface area contributed by atoms with E-state index in [1.54, 1.807) is 43.7 Å². The number of hydrogen-bond donors (Lipinski definition) is 0. The van der Waals surface area contributed by atoms with Crippen molar-refractivity contribution in [2.24, 2.45) is 5.10 Å². The quantitative estimate of drug-likeness (QED) is 0.305. The molecule has 1 aliphatic rings. The molecule has 0 saturated carbocycles. The lowest BCUT2D eigenvalue weighted by molar-refractivity contribution is 0.171. The lowest BCUT2D eigenvalue weighted by Gasteiger charge is -2.08. The van der Waals surface area contributed by atoms with Gasteiger partial charge in [-0.15, -0.1) is 0 Å². The van der Waals surface area contributed by atoms with E-state index in [-0.39, 0.29) is 12.4 Å². The van der Waals surface area contributed by atoms with E-state index in [1.807, 2.05) is 30.3 Å². The molecule has 0 aliphatic carbocycles. The molecule has 0 N–H and O–H groups in total. The first-order chi connectivity index (χ1) is 16.6. The van der Waals surface area contributed by atoms with E-state index in [0.29, 0.717) is 50.9 Å². The summed E-state index contributed by atoms with van der Waals surface area (Å²) >= 11 is 3.47. The Morgan fingerprint density at radius 3 is 2.88 bits per heavy atom. The van der Waals surface area contributed by atoms with Gasteiger partial charge in [-0.2, -0.15) is 9.78 Å². The molecule has 0 fully saturated rings. The predicted octanol–water partition coefficient (Wildman–Crippen LogP) is 5.19. The number of methoxy groups -OCH3 is 1. The summed E-state index contributed by atoms with van der Waals surface area (Å²) in [6.07, 6.45) is 1.55. The van der Waals surface area contributed by atoms with E-state index in [4.69, 9.17) is 23.6 Å². The van der Waals surface area contributed by atoms with Gasteiger partial charge in [0.1, 0.15) is 5.58 Å². The van der Waals surface area contributed by atoms with Gasteiger partial charge in [-0.3, -0.25) is 4.79 Å². The van der Waals surface area contributed by atoms with E-state index in [9.17, 15) is 4.79 Å². The lowest BCUT2D eigenvalue weighted by atomic mass is 10.2. The Labute approximate surface area is 201 Å². The Morgan fingerprint density at radius 2 is 2.00 bits per heavy atom. The monoisotopic (exact) mass is 517 g/mol. The first kappa shape index (κ1) is 20.5. The number of hydrogen-bond acceptors (Lipinski definition) is 7. The molecule has 0 saturated heterocycles. The first-order valence-corrected chi connectivity index (χ1v) is 11.1. The predicted molar refractivity (Wildman–Crippen MR) is 131 cm³/mol. The van der Waals surface area contributed by atoms with Gasteiger partial charge in [-0.05, 0) is 48.5 Å². The molecule has 34 heavy (non-hydrogen) atoms. The fourth-order valence-electron chi connectivity index (χ4n) is 3.86. The summed E-state index contributed by atoms with van der Waals surface area (Å²) in [7, 11) is 1.55. The molecule has 0 radical (unpaired) electrons. The van der Waals surface area contributed by atoms with Crippen LogP contribution in [0.25, 0.3) is 33.5 Å². The minimum atomic E-state index is -0.314. The van der Waals surface area contributed by atoms with Gasteiger partial charge < -0.3 is 18.6 Å². The number of benzene rings is 3. The van der Waals surface area contributed by atoms with Crippen molar-refractivity contribution in [3.8, 4) is 28.8 Å². The maximum atomic E-state index is 13.4. The zero-order valence-corrected chi connectivity index (χ0v) is 19.4. The summed E-state index contributed by atoms with van der Waals surface area (Å²) in [4.78, 5) is 18.1. The zero-order chi connectivity index (χ0) is 23.2. The van der Waals surface area contributed by atoms with E-state index in [1.165, 1.54) is 4.68 Å². The average Bonchev–Trinajstić information content (AvgIpc) is 3.49. The number of aromatic nitrogens is 2. The van der Waals surface area contributed by atoms with Crippen LogP contribution in [0, 0.1) is 0 Å². The van der Waals surface area contributed by atoms with Crippen LogP contribution in [0.15, 0.2) is 79.4 Å². The van der Waals surface area contributed by atoms with Crippen LogP contribution in [0.2, 0.25) is 0 Å². The largest absolute Gasteiger partial charge is 0.493 e. The van der Waals surface area contributed by atoms with Gasteiger partial charge in [0.05, 0.1) is 24.2 Å². The average molecular weight is 518 g/mol. The number of halogens is 1. The first-order valence-electron chi connectivity index (χ1n) is 10.3. The van der Waals surface area contributed by atoms with E-state index < -0.39 is 0 Å². The van der Waals surface area contributed by atoms with Crippen molar-refractivity contribution in [1.82, 2.24) is 9.66 Å². The molecule has 0 atom stereocenters. The van der Waals surface area contributed by atoms with Gasteiger partial charge >= 0.3 is 0 Å². The smallest absolute Gasteiger partial charge is 0.282 e. The Hall–Kier alpha value is -4.11. The molecule has 5 aromatic rings. The number of para-hydroxylation sites is 1. The van der Waals surface area contributed by atoms with Crippen LogP contribution < -0.4 is 19.8 Å². The van der Waals surface area contributed by atoms with Crippen molar-refractivity contribution in [2.45, 2.75) is 0 Å². The second kappa shape index (κ2) is 8.03. The van der Waals surface area contributed by atoms with Crippen LogP contribution in [0.5, 0.6) is 17.2 Å². The summed E-state index contributed by atoms with van der Waals surface area (Å²) in [5, 5.41) is 5.81. The number of rotatable bonds is 4. The second-order valence-electron chi connectivity index (χ2n) is 7.56. The topological polar surface area (TPSA) is 88.1 Å². The Bertz CT molecular complexity index is 1670. The van der Waals surface area contributed by atoms with Crippen molar-refractivity contribution < 1.29 is 18.6 Å². The highest BCUT2D eigenvalue weighted by Crippen LogP contribution is 2.41.